The first-order chi connectivity index (χ1) is 11.5. The van der Waals surface area contributed by atoms with Crippen molar-refractivity contribution < 1.29 is 14.3 Å². The van der Waals surface area contributed by atoms with Gasteiger partial charge in [-0.15, -0.1) is 0 Å². The summed E-state index contributed by atoms with van der Waals surface area (Å²) >= 11 is 0. The molecule has 134 valence electrons. The molecule has 2 rings (SSSR count). The Kier molecular flexibility index (Phi) is 6.36. The molecule has 1 saturated heterocycles. The van der Waals surface area contributed by atoms with E-state index in [-0.39, 0.29) is 17.7 Å². The molecule has 24 heavy (non-hydrogen) atoms. The summed E-state index contributed by atoms with van der Waals surface area (Å²) < 4.78 is 6.98. The van der Waals surface area contributed by atoms with E-state index in [1.165, 1.54) is 0 Å². The molecular weight excluding hydrogens is 308 g/mol. The molecule has 1 aliphatic rings. The Morgan fingerprint density at radius 2 is 2.17 bits per heavy atom. The molecule has 2 amide bonds. The third-order valence-electron chi connectivity index (χ3n) is 4.71. The molecular formula is C17H28N4O3. The molecule has 1 aromatic rings. The lowest BCUT2D eigenvalue weighted by Crippen LogP contribution is -2.46. The van der Waals surface area contributed by atoms with Gasteiger partial charge in [0, 0.05) is 51.0 Å². The topological polar surface area (TPSA) is 76.5 Å². The minimum Gasteiger partial charge on any atom is -0.383 e. The van der Waals surface area contributed by atoms with Crippen molar-refractivity contribution in [3.63, 3.8) is 0 Å². The van der Waals surface area contributed by atoms with E-state index < -0.39 is 0 Å². The number of aryl methyl sites for hydroxylation is 2. The Labute approximate surface area is 143 Å². The van der Waals surface area contributed by atoms with Crippen LogP contribution in [0.1, 0.15) is 36.7 Å². The molecule has 1 atom stereocenters. The number of nitrogens with one attached hydrogen (secondary N) is 1. The van der Waals surface area contributed by atoms with Gasteiger partial charge in [-0.3, -0.25) is 14.3 Å². The molecule has 0 bridgehead atoms. The van der Waals surface area contributed by atoms with E-state index >= 15 is 0 Å². The van der Waals surface area contributed by atoms with Crippen molar-refractivity contribution in [2.75, 3.05) is 26.8 Å². The van der Waals surface area contributed by atoms with Gasteiger partial charge in [0.2, 0.25) is 11.8 Å². The lowest BCUT2D eigenvalue weighted by Gasteiger charge is -2.31. The van der Waals surface area contributed by atoms with Crippen molar-refractivity contribution in [3.8, 4) is 0 Å². The Bertz CT molecular complexity index is 597. The smallest absolute Gasteiger partial charge is 0.225 e. The quantitative estimate of drug-likeness (QED) is 0.806. The predicted octanol–water partition coefficient (Wildman–Crippen LogP) is 1.02. The highest BCUT2D eigenvalue weighted by Crippen LogP contribution is 2.18. The van der Waals surface area contributed by atoms with Crippen LogP contribution in [0.15, 0.2) is 0 Å². The van der Waals surface area contributed by atoms with Gasteiger partial charge in [0.15, 0.2) is 0 Å². The Morgan fingerprint density at radius 3 is 2.79 bits per heavy atom. The van der Waals surface area contributed by atoms with Gasteiger partial charge in [-0.2, -0.15) is 5.10 Å². The molecule has 0 aromatic carbocycles. The second-order valence-electron chi connectivity index (χ2n) is 6.25. The fourth-order valence-corrected chi connectivity index (χ4v) is 3.16. The Morgan fingerprint density at radius 1 is 1.42 bits per heavy atom. The minimum absolute atomic E-state index is 0.00738. The van der Waals surface area contributed by atoms with E-state index in [4.69, 9.17) is 4.74 Å². The molecule has 1 N–H and O–H groups in total. The van der Waals surface area contributed by atoms with Crippen LogP contribution in [-0.4, -0.2) is 53.3 Å². The number of rotatable bonds is 7. The molecule has 1 fully saturated rings. The summed E-state index contributed by atoms with van der Waals surface area (Å²) in [6.45, 7) is 8.85. The normalized spacial score (nSPS) is 18.1. The van der Waals surface area contributed by atoms with E-state index in [0.29, 0.717) is 39.1 Å². The van der Waals surface area contributed by atoms with Gasteiger partial charge in [0.25, 0.3) is 0 Å². The van der Waals surface area contributed by atoms with Crippen molar-refractivity contribution in [2.24, 2.45) is 5.92 Å². The first-order valence-corrected chi connectivity index (χ1v) is 8.55. The second kappa shape index (κ2) is 8.28. The summed E-state index contributed by atoms with van der Waals surface area (Å²) in [7, 11) is 1.61. The standard InChI is InChI=1S/C17H28N4O3/c1-5-21-13(3)15(12(2)19-21)10-18-17(23)14-6-7-16(22)20(11-14)8-9-24-4/h14H,5-11H2,1-4H3,(H,18,23)/t14-/m0/s1. The Hall–Kier alpha value is -1.89. The minimum atomic E-state index is -0.151. The molecule has 1 aliphatic heterocycles. The first-order valence-electron chi connectivity index (χ1n) is 8.55. The average molecular weight is 336 g/mol. The highest BCUT2D eigenvalue weighted by Gasteiger charge is 2.30. The number of methoxy groups -OCH3 is 1. The van der Waals surface area contributed by atoms with Crippen molar-refractivity contribution in [1.29, 1.82) is 0 Å². The highest BCUT2D eigenvalue weighted by molar-refractivity contribution is 5.83. The number of carbonyl (C=O) groups is 2. The average Bonchev–Trinajstić information content (AvgIpc) is 2.85. The molecule has 1 aromatic heterocycles. The summed E-state index contributed by atoms with van der Waals surface area (Å²) in [5, 5.41) is 7.49. The van der Waals surface area contributed by atoms with Crippen molar-refractivity contribution in [1.82, 2.24) is 20.0 Å². The zero-order valence-electron chi connectivity index (χ0n) is 15.1. The summed E-state index contributed by atoms with van der Waals surface area (Å²) in [5.41, 5.74) is 3.12. The monoisotopic (exact) mass is 336 g/mol. The van der Waals surface area contributed by atoms with E-state index in [0.717, 1.165) is 23.5 Å². The highest BCUT2D eigenvalue weighted by atomic mass is 16.5. The van der Waals surface area contributed by atoms with Crippen LogP contribution in [0, 0.1) is 19.8 Å². The number of hydrogen-bond acceptors (Lipinski definition) is 4. The fourth-order valence-electron chi connectivity index (χ4n) is 3.16. The van der Waals surface area contributed by atoms with Gasteiger partial charge in [0.1, 0.15) is 0 Å². The summed E-state index contributed by atoms with van der Waals surface area (Å²) in [5.74, 6) is -0.0404. The van der Waals surface area contributed by atoms with E-state index in [2.05, 4.69) is 17.3 Å². The first kappa shape index (κ1) is 18.4. The Balaban J connectivity index is 1.93. The van der Waals surface area contributed by atoms with Crippen LogP contribution in [-0.2, 0) is 27.4 Å². The molecule has 0 aliphatic carbocycles. The summed E-state index contributed by atoms with van der Waals surface area (Å²) in [6, 6.07) is 0. The number of piperidine rings is 1. The van der Waals surface area contributed by atoms with E-state index in [9.17, 15) is 9.59 Å². The zero-order chi connectivity index (χ0) is 17.7. The zero-order valence-corrected chi connectivity index (χ0v) is 15.1. The van der Waals surface area contributed by atoms with Gasteiger partial charge >= 0.3 is 0 Å². The van der Waals surface area contributed by atoms with Gasteiger partial charge in [-0.1, -0.05) is 0 Å². The molecule has 0 radical (unpaired) electrons. The van der Waals surface area contributed by atoms with Gasteiger partial charge in [-0.25, -0.2) is 0 Å². The molecule has 7 heteroatoms. The molecule has 0 saturated carbocycles. The predicted molar refractivity (Wildman–Crippen MR) is 90.4 cm³/mol. The number of likely N-dealkylation sites (tertiary alicyclic amines) is 1. The van der Waals surface area contributed by atoms with E-state index in [1.54, 1.807) is 12.0 Å². The van der Waals surface area contributed by atoms with Crippen molar-refractivity contribution in [2.45, 2.75) is 46.7 Å². The number of aromatic nitrogens is 2. The number of ether oxygens (including phenoxy) is 1. The third-order valence-corrected chi connectivity index (χ3v) is 4.71. The fraction of sp³-hybridized carbons (Fsp3) is 0.706. The van der Waals surface area contributed by atoms with Crippen LogP contribution in [0.5, 0.6) is 0 Å². The maximum Gasteiger partial charge on any atom is 0.225 e. The lowest BCUT2D eigenvalue weighted by molar-refractivity contribution is -0.138. The molecule has 7 nitrogen and oxygen atoms in total. The van der Waals surface area contributed by atoms with Gasteiger partial charge < -0.3 is 15.0 Å². The van der Waals surface area contributed by atoms with Crippen LogP contribution in [0.3, 0.4) is 0 Å². The van der Waals surface area contributed by atoms with Crippen LogP contribution in [0.25, 0.3) is 0 Å². The van der Waals surface area contributed by atoms with Crippen LogP contribution >= 0.6 is 0 Å². The largest absolute Gasteiger partial charge is 0.383 e. The van der Waals surface area contributed by atoms with Gasteiger partial charge in [-0.05, 0) is 27.2 Å². The molecule has 0 spiro atoms. The third kappa shape index (κ3) is 4.14. The van der Waals surface area contributed by atoms with Crippen LogP contribution in [0.4, 0.5) is 0 Å². The van der Waals surface area contributed by atoms with Crippen LogP contribution in [0.2, 0.25) is 0 Å². The van der Waals surface area contributed by atoms with Crippen molar-refractivity contribution >= 4 is 11.8 Å². The second-order valence-corrected chi connectivity index (χ2v) is 6.25. The number of amides is 2. The molecule has 2 heterocycles. The molecule has 0 unspecified atom stereocenters. The van der Waals surface area contributed by atoms with Crippen LogP contribution < -0.4 is 5.32 Å². The maximum atomic E-state index is 12.5. The number of nitrogens with zero attached hydrogens (tertiary/aromatic N) is 3. The maximum absolute atomic E-state index is 12.5. The van der Waals surface area contributed by atoms with Crippen molar-refractivity contribution in [3.05, 3.63) is 17.0 Å². The number of hydrogen-bond donors (Lipinski definition) is 1. The number of carbonyl (C=O) groups excluding carboxylic acids is 2. The van der Waals surface area contributed by atoms with E-state index in [1.807, 2.05) is 18.5 Å². The summed E-state index contributed by atoms with van der Waals surface area (Å²) in [6.07, 6.45) is 1.04. The SMILES string of the molecule is CCn1nc(C)c(CNC(=O)[C@H]2CCC(=O)N(CCOC)C2)c1C. The van der Waals surface area contributed by atoms with Gasteiger partial charge in [0.05, 0.1) is 18.2 Å². The summed E-state index contributed by atoms with van der Waals surface area (Å²) in [4.78, 5) is 26.1. The lowest BCUT2D eigenvalue weighted by atomic mass is 9.96.